The molecule has 0 bridgehead atoms. The third kappa shape index (κ3) is 3.81. The van der Waals surface area contributed by atoms with Crippen LogP contribution in [0.2, 0.25) is 0 Å². The van der Waals surface area contributed by atoms with Crippen molar-refractivity contribution in [1.29, 1.82) is 0 Å². The number of nitrogens with one attached hydrogen (secondary N) is 3. The van der Waals surface area contributed by atoms with Gasteiger partial charge in [0.1, 0.15) is 0 Å². The van der Waals surface area contributed by atoms with Crippen LogP contribution in [0.4, 0.5) is 0 Å². The lowest BCUT2D eigenvalue weighted by molar-refractivity contribution is -0.135. The second kappa shape index (κ2) is 5.27. The molecule has 0 spiro atoms. The summed E-state index contributed by atoms with van der Waals surface area (Å²) in [5.41, 5.74) is 0. The van der Waals surface area contributed by atoms with Crippen molar-refractivity contribution in [3.63, 3.8) is 0 Å². The standard InChI is InChI=1S/C11H17N3O3/c15-9-4-3-8(11(17)14-9)12-6-5-10(16)13-7-1-2-7/h7-8,12H,1-6H2,(H,13,16)(H,14,15,17). The van der Waals surface area contributed by atoms with Gasteiger partial charge in [0.25, 0.3) is 0 Å². The van der Waals surface area contributed by atoms with E-state index in [4.69, 9.17) is 0 Å². The summed E-state index contributed by atoms with van der Waals surface area (Å²) in [4.78, 5) is 33.6. The summed E-state index contributed by atoms with van der Waals surface area (Å²) in [5.74, 6) is -0.490. The summed E-state index contributed by atoms with van der Waals surface area (Å²) in [7, 11) is 0. The molecule has 6 nitrogen and oxygen atoms in total. The smallest absolute Gasteiger partial charge is 0.243 e. The van der Waals surface area contributed by atoms with E-state index in [1.54, 1.807) is 0 Å². The van der Waals surface area contributed by atoms with Crippen molar-refractivity contribution < 1.29 is 14.4 Å². The fourth-order valence-electron chi connectivity index (χ4n) is 1.78. The average Bonchev–Trinajstić information content (AvgIpc) is 3.05. The first kappa shape index (κ1) is 12.0. The topological polar surface area (TPSA) is 87.3 Å². The number of hydrogen-bond acceptors (Lipinski definition) is 4. The first-order chi connectivity index (χ1) is 8.15. The molecule has 0 aromatic carbocycles. The minimum absolute atomic E-state index is 0.0206. The molecule has 1 aliphatic heterocycles. The maximum absolute atomic E-state index is 11.4. The highest BCUT2D eigenvalue weighted by atomic mass is 16.2. The maximum atomic E-state index is 11.4. The van der Waals surface area contributed by atoms with Crippen LogP contribution in [-0.4, -0.2) is 36.3 Å². The molecule has 6 heteroatoms. The van der Waals surface area contributed by atoms with Crippen LogP contribution in [0.3, 0.4) is 0 Å². The molecule has 0 aromatic heterocycles. The Labute approximate surface area is 99.5 Å². The number of hydrogen-bond donors (Lipinski definition) is 3. The third-order valence-corrected chi connectivity index (χ3v) is 2.92. The van der Waals surface area contributed by atoms with E-state index < -0.39 is 0 Å². The first-order valence-electron chi connectivity index (χ1n) is 6.01. The van der Waals surface area contributed by atoms with Gasteiger partial charge in [-0.25, -0.2) is 0 Å². The maximum Gasteiger partial charge on any atom is 0.243 e. The van der Waals surface area contributed by atoms with Crippen molar-refractivity contribution in [3.05, 3.63) is 0 Å². The largest absolute Gasteiger partial charge is 0.353 e. The Bertz CT molecular complexity index is 339. The molecule has 0 radical (unpaired) electrons. The zero-order valence-electron chi connectivity index (χ0n) is 9.62. The number of piperidine rings is 1. The predicted octanol–water partition coefficient (Wildman–Crippen LogP) is -0.950. The molecule has 2 fully saturated rings. The highest BCUT2D eigenvalue weighted by Crippen LogP contribution is 2.18. The molecule has 1 atom stereocenters. The van der Waals surface area contributed by atoms with Gasteiger partial charge in [0, 0.05) is 25.4 Å². The number of carbonyl (C=O) groups excluding carboxylic acids is 3. The minimum Gasteiger partial charge on any atom is -0.353 e. The van der Waals surface area contributed by atoms with E-state index in [1.165, 1.54) is 0 Å². The number of carbonyl (C=O) groups is 3. The van der Waals surface area contributed by atoms with E-state index >= 15 is 0 Å². The average molecular weight is 239 g/mol. The molecular formula is C11H17N3O3. The molecule has 1 aliphatic carbocycles. The zero-order chi connectivity index (χ0) is 12.3. The van der Waals surface area contributed by atoms with Crippen molar-refractivity contribution >= 4 is 17.7 Å². The second-order valence-electron chi connectivity index (χ2n) is 4.55. The lowest BCUT2D eigenvalue weighted by Gasteiger charge is -2.21. The SMILES string of the molecule is O=C1CCC(NCCC(=O)NC2CC2)C(=O)N1. The van der Waals surface area contributed by atoms with E-state index in [2.05, 4.69) is 16.0 Å². The van der Waals surface area contributed by atoms with Crippen LogP contribution in [-0.2, 0) is 14.4 Å². The Hall–Kier alpha value is -1.43. The van der Waals surface area contributed by atoms with Crippen LogP contribution in [0.15, 0.2) is 0 Å². The van der Waals surface area contributed by atoms with E-state index in [-0.39, 0.29) is 23.8 Å². The fraction of sp³-hybridized carbons (Fsp3) is 0.727. The molecule has 1 saturated heterocycles. The van der Waals surface area contributed by atoms with Crippen LogP contribution in [0, 0.1) is 0 Å². The van der Waals surface area contributed by atoms with Gasteiger partial charge in [-0.1, -0.05) is 0 Å². The highest BCUT2D eigenvalue weighted by molar-refractivity contribution is 6.00. The highest BCUT2D eigenvalue weighted by Gasteiger charge is 2.26. The molecule has 3 amide bonds. The number of amides is 3. The van der Waals surface area contributed by atoms with Crippen molar-refractivity contribution in [2.45, 2.75) is 44.2 Å². The van der Waals surface area contributed by atoms with Gasteiger partial charge in [-0.3, -0.25) is 19.7 Å². The summed E-state index contributed by atoms with van der Waals surface area (Å²) < 4.78 is 0. The molecule has 94 valence electrons. The predicted molar refractivity (Wildman–Crippen MR) is 60.0 cm³/mol. The molecule has 1 heterocycles. The minimum atomic E-state index is -0.346. The van der Waals surface area contributed by atoms with Gasteiger partial charge in [0.2, 0.25) is 17.7 Å². The molecule has 17 heavy (non-hydrogen) atoms. The lowest BCUT2D eigenvalue weighted by Crippen LogP contribution is -2.51. The molecule has 0 aromatic rings. The molecule has 3 N–H and O–H groups in total. The lowest BCUT2D eigenvalue weighted by atomic mass is 10.1. The van der Waals surface area contributed by atoms with Crippen LogP contribution in [0.1, 0.15) is 32.1 Å². The van der Waals surface area contributed by atoms with E-state index in [0.29, 0.717) is 31.8 Å². The van der Waals surface area contributed by atoms with Gasteiger partial charge in [-0.05, 0) is 19.3 Å². The van der Waals surface area contributed by atoms with Crippen molar-refractivity contribution in [2.24, 2.45) is 0 Å². The van der Waals surface area contributed by atoms with Gasteiger partial charge in [-0.15, -0.1) is 0 Å². The second-order valence-corrected chi connectivity index (χ2v) is 4.55. The van der Waals surface area contributed by atoms with Crippen LogP contribution >= 0.6 is 0 Å². The molecule has 2 rings (SSSR count). The van der Waals surface area contributed by atoms with Gasteiger partial charge in [0.15, 0.2) is 0 Å². The monoisotopic (exact) mass is 239 g/mol. The summed E-state index contributed by atoms with van der Waals surface area (Å²) in [6, 6.07) is 0.0273. The van der Waals surface area contributed by atoms with Crippen molar-refractivity contribution in [1.82, 2.24) is 16.0 Å². The van der Waals surface area contributed by atoms with Crippen molar-refractivity contribution in [3.8, 4) is 0 Å². The Morgan fingerprint density at radius 3 is 2.71 bits per heavy atom. The van der Waals surface area contributed by atoms with Gasteiger partial charge >= 0.3 is 0 Å². The molecular weight excluding hydrogens is 222 g/mol. The quantitative estimate of drug-likeness (QED) is 0.540. The van der Waals surface area contributed by atoms with Crippen molar-refractivity contribution in [2.75, 3.05) is 6.54 Å². The summed E-state index contributed by atoms with van der Waals surface area (Å²) in [6.45, 7) is 0.463. The summed E-state index contributed by atoms with van der Waals surface area (Å²) in [5, 5.41) is 8.14. The first-order valence-corrected chi connectivity index (χ1v) is 6.01. The molecule has 1 saturated carbocycles. The van der Waals surface area contributed by atoms with Gasteiger partial charge in [0.05, 0.1) is 6.04 Å². The Balaban J connectivity index is 1.62. The van der Waals surface area contributed by atoms with Gasteiger partial charge < -0.3 is 10.6 Å². The van der Waals surface area contributed by atoms with E-state index in [1.807, 2.05) is 0 Å². The number of rotatable bonds is 5. The van der Waals surface area contributed by atoms with Crippen LogP contribution in [0.5, 0.6) is 0 Å². The van der Waals surface area contributed by atoms with Gasteiger partial charge in [-0.2, -0.15) is 0 Å². The third-order valence-electron chi connectivity index (χ3n) is 2.92. The summed E-state index contributed by atoms with van der Waals surface area (Å²) in [6.07, 6.45) is 3.39. The van der Waals surface area contributed by atoms with Crippen LogP contribution < -0.4 is 16.0 Å². The Morgan fingerprint density at radius 1 is 1.29 bits per heavy atom. The Kier molecular flexibility index (Phi) is 3.73. The van der Waals surface area contributed by atoms with E-state index in [9.17, 15) is 14.4 Å². The zero-order valence-corrected chi connectivity index (χ0v) is 9.62. The summed E-state index contributed by atoms with van der Waals surface area (Å²) >= 11 is 0. The van der Waals surface area contributed by atoms with E-state index in [0.717, 1.165) is 12.8 Å². The Morgan fingerprint density at radius 2 is 2.06 bits per heavy atom. The number of imide groups is 1. The molecule has 2 aliphatic rings. The fourth-order valence-corrected chi connectivity index (χ4v) is 1.78. The molecule has 1 unspecified atom stereocenters. The van der Waals surface area contributed by atoms with Crippen LogP contribution in [0.25, 0.3) is 0 Å². The normalized spacial score (nSPS) is 24.4.